The standard InChI is InChI=1S/C14H19N3O2/c1-5-9-6-12(18-3)13(19-4)7-10(9)11-8-14(15)17(2)16-11/h6-8H,5,15H2,1-4H3. The van der Waals surface area contributed by atoms with E-state index in [-0.39, 0.29) is 0 Å². The Balaban J connectivity index is 2.61. The summed E-state index contributed by atoms with van der Waals surface area (Å²) in [6.07, 6.45) is 0.881. The Morgan fingerprint density at radius 1 is 1.16 bits per heavy atom. The Morgan fingerprint density at radius 2 is 1.79 bits per heavy atom. The Hall–Kier alpha value is -2.17. The van der Waals surface area contributed by atoms with Crippen LogP contribution in [0.2, 0.25) is 0 Å². The minimum absolute atomic E-state index is 0.631. The van der Waals surface area contributed by atoms with Gasteiger partial charge in [-0.25, -0.2) is 0 Å². The van der Waals surface area contributed by atoms with Crippen LogP contribution in [0.25, 0.3) is 11.3 Å². The van der Waals surface area contributed by atoms with Gasteiger partial charge in [-0.15, -0.1) is 0 Å². The number of nitrogen functional groups attached to an aromatic ring is 1. The van der Waals surface area contributed by atoms with Gasteiger partial charge in [-0.05, 0) is 24.1 Å². The summed E-state index contributed by atoms with van der Waals surface area (Å²) in [5, 5.41) is 4.42. The first-order valence-electron chi connectivity index (χ1n) is 6.15. The van der Waals surface area contributed by atoms with Crippen LogP contribution in [-0.2, 0) is 13.5 Å². The van der Waals surface area contributed by atoms with Gasteiger partial charge in [0.1, 0.15) is 5.82 Å². The highest BCUT2D eigenvalue weighted by Gasteiger charge is 2.14. The maximum absolute atomic E-state index is 5.84. The van der Waals surface area contributed by atoms with Crippen molar-refractivity contribution in [3.63, 3.8) is 0 Å². The van der Waals surface area contributed by atoms with Gasteiger partial charge in [-0.1, -0.05) is 6.92 Å². The molecule has 0 radical (unpaired) electrons. The quantitative estimate of drug-likeness (QED) is 0.917. The van der Waals surface area contributed by atoms with Gasteiger partial charge < -0.3 is 15.2 Å². The van der Waals surface area contributed by atoms with Crippen LogP contribution in [0.15, 0.2) is 18.2 Å². The molecule has 102 valence electrons. The van der Waals surface area contributed by atoms with Crippen molar-refractivity contribution < 1.29 is 9.47 Å². The lowest BCUT2D eigenvalue weighted by atomic mass is 10.0. The van der Waals surface area contributed by atoms with Crippen LogP contribution in [0.5, 0.6) is 11.5 Å². The summed E-state index contributed by atoms with van der Waals surface area (Å²) in [6, 6.07) is 5.79. The molecule has 0 atom stereocenters. The van der Waals surface area contributed by atoms with E-state index < -0.39 is 0 Å². The number of hydrogen-bond donors (Lipinski definition) is 1. The summed E-state index contributed by atoms with van der Waals surface area (Å²) in [5.74, 6) is 2.05. The fraction of sp³-hybridized carbons (Fsp3) is 0.357. The van der Waals surface area contributed by atoms with E-state index in [9.17, 15) is 0 Å². The van der Waals surface area contributed by atoms with Gasteiger partial charge in [0.25, 0.3) is 0 Å². The highest BCUT2D eigenvalue weighted by molar-refractivity contribution is 5.70. The van der Waals surface area contributed by atoms with Gasteiger partial charge >= 0.3 is 0 Å². The van der Waals surface area contributed by atoms with E-state index in [1.807, 2.05) is 25.2 Å². The van der Waals surface area contributed by atoms with Gasteiger partial charge in [0.2, 0.25) is 0 Å². The van der Waals surface area contributed by atoms with Crippen molar-refractivity contribution in [1.82, 2.24) is 9.78 Å². The zero-order valence-electron chi connectivity index (χ0n) is 11.7. The molecule has 0 fully saturated rings. The molecule has 2 aromatic rings. The first kappa shape index (κ1) is 13.3. The van der Waals surface area contributed by atoms with Crippen LogP contribution >= 0.6 is 0 Å². The third-order valence-electron chi connectivity index (χ3n) is 3.18. The lowest BCUT2D eigenvalue weighted by Gasteiger charge is -2.12. The average Bonchev–Trinajstić information content (AvgIpc) is 2.76. The topological polar surface area (TPSA) is 62.3 Å². The lowest BCUT2D eigenvalue weighted by Crippen LogP contribution is -1.98. The zero-order chi connectivity index (χ0) is 14.0. The average molecular weight is 261 g/mol. The Bertz CT molecular complexity index is 571. The van der Waals surface area contributed by atoms with Gasteiger partial charge in [-0.2, -0.15) is 5.10 Å². The summed E-state index contributed by atoms with van der Waals surface area (Å²) in [6.45, 7) is 2.09. The molecule has 0 aliphatic rings. The predicted octanol–water partition coefficient (Wildman–Crippen LogP) is 2.25. The number of nitrogens with zero attached hydrogens (tertiary/aromatic N) is 2. The largest absolute Gasteiger partial charge is 0.493 e. The second-order valence-electron chi connectivity index (χ2n) is 4.30. The molecule has 0 spiro atoms. The van der Waals surface area contributed by atoms with E-state index >= 15 is 0 Å². The predicted molar refractivity (Wildman–Crippen MR) is 75.5 cm³/mol. The van der Waals surface area contributed by atoms with Gasteiger partial charge in [0, 0.05) is 18.7 Å². The smallest absolute Gasteiger partial charge is 0.161 e. The van der Waals surface area contributed by atoms with Crippen molar-refractivity contribution in [2.45, 2.75) is 13.3 Å². The number of rotatable bonds is 4. The minimum Gasteiger partial charge on any atom is -0.493 e. The first-order valence-corrected chi connectivity index (χ1v) is 6.15. The van der Waals surface area contributed by atoms with Crippen LogP contribution in [0.1, 0.15) is 12.5 Å². The van der Waals surface area contributed by atoms with E-state index in [1.54, 1.807) is 18.9 Å². The number of aryl methyl sites for hydroxylation is 2. The molecule has 0 aliphatic heterocycles. The molecule has 19 heavy (non-hydrogen) atoms. The maximum atomic E-state index is 5.84. The molecule has 1 aromatic carbocycles. The number of hydrogen-bond acceptors (Lipinski definition) is 4. The molecule has 0 aliphatic carbocycles. The van der Waals surface area contributed by atoms with E-state index in [1.165, 1.54) is 0 Å². The number of aromatic nitrogens is 2. The fourth-order valence-corrected chi connectivity index (χ4v) is 2.07. The fourth-order valence-electron chi connectivity index (χ4n) is 2.07. The van der Waals surface area contributed by atoms with Crippen LogP contribution < -0.4 is 15.2 Å². The van der Waals surface area contributed by atoms with Gasteiger partial charge in [0.15, 0.2) is 11.5 Å². The number of methoxy groups -OCH3 is 2. The second kappa shape index (κ2) is 5.22. The van der Waals surface area contributed by atoms with E-state index in [4.69, 9.17) is 15.2 Å². The SMILES string of the molecule is CCc1cc(OC)c(OC)cc1-c1cc(N)n(C)n1. The molecule has 0 bridgehead atoms. The minimum atomic E-state index is 0.631. The zero-order valence-corrected chi connectivity index (χ0v) is 11.7. The molecule has 1 heterocycles. The lowest BCUT2D eigenvalue weighted by molar-refractivity contribution is 0.354. The molecule has 0 amide bonds. The first-order chi connectivity index (χ1) is 9.10. The third-order valence-corrected chi connectivity index (χ3v) is 3.18. The second-order valence-corrected chi connectivity index (χ2v) is 4.30. The summed E-state index contributed by atoms with van der Waals surface area (Å²) in [5.41, 5.74) is 8.86. The monoisotopic (exact) mass is 261 g/mol. The molecule has 5 heteroatoms. The van der Waals surface area contributed by atoms with Crippen molar-refractivity contribution in [3.05, 3.63) is 23.8 Å². The maximum Gasteiger partial charge on any atom is 0.161 e. The molecule has 0 unspecified atom stereocenters. The molecule has 2 N–H and O–H groups in total. The summed E-state index contributed by atoms with van der Waals surface area (Å²) < 4.78 is 12.3. The van der Waals surface area contributed by atoms with Crippen molar-refractivity contribution in [2.24, 2.45) is 7.05 Å². The highest BCUT2D eigenvalue weighted by Crippen LogP contribution is 2.35. The van der Waals surface area contributed by atoms with Crippen molar-refractivity contribution in [1.29, 1.82) is 0 Å². The van der Waals surface area contributed by atoms with Crippen molar-refractivity contribution >= 4 is 5.82 Å². The molecule has 0 saturated carbocycles. The van der Waals surface area contributed by atoms with Crippen LogP contribution in [-0.4, -0.2) is 24.0 Å². The van der Waals surface area contributed by atoms with E-state index in [2.05, 4.69) is 12.0 Å². The van der Waals surface area contributed by atoms with E-state index in [0.29, 0.717) is 11.6 Å². The van der Waals surface area contributed by atoms with Crippen molar-refractivity contribution in [3.8, 4) is 22.8 Å². The van der Waals surface area contributed by atoms with Crippen molar-refractivity contribution in [2.75, 3.05) is 20.0 Å². The Morgan fingerprint density at radius 3 is 2.26 bits per heavy atom. The molecule has 2 rings (SSSR count). The summed E-state index contributed by atoms with van der Waals surface area (Å²) in [4.78, 5) is 0. The number of ether oxygens (including phenoxy) is 2. The molecule has 5 nitrogen and oxygen atoms in total. The molecule has 0 saturated heterocycles. The number of nitrogens with two attached hydrogens (primary N) is 1. The molecule has 1 aromatic heterocycles. The normalized spacial score (nSPS) is 10.5. The summed E-state index contributed by atoms with van der Waals surface area (Å²) in [7, 11) is 5.08. The Kier molecular flexibility index (Phi) is 3.64. The number of anilines is 1. The Labute approximate surface area is 112 Å². The van der Waals surface area contributed by atoms with Crippen LogP contribution in [0.3, 0.4) is 0 Å². The molecular formula is C14H19N3O2. The number of benzene rings is 1. The van der Waals surface area contributed by atoms with Gasteiger partial charge in [0.05, 0.1) is 19.9 Å². The summed E-state index contributed by atoms with van der Waals surface area (Å²) >= 11 is 0. The molecular weight excluding hydrogens is 242 g/mol. The highest BCUT2D eigenvalue weighted by atomic mass is 16.5. The third kappa shape index (κ3) is 2.36. The van der Waals surface area contributed by atoms with Gasteiger partial charge in [-0.3, -0.25) is 4.68 Å². The van der Waals surface area contributed by atoms with Crippen LogP contribution in [0, 0.1) is 0 Å². The van der Waals surface area contributed by atoms with E-state index in [0.717, 1.165) is 29.0 Å². The van der Waals surface area contributed by atoms with Crippen LogP contribution in [0.4, 0.5) is 5.82 Å².